The molecule has 14 heavy (non-hydrogen) atoms. The van der Waals surface area contributed by atoms with Crippen molar-refractivity contribution in [1.82, 2.24) is 10.2 Å². The molecule has 2 heterocycles. The zero-order chi connectivity index (χ0) is 10.2. The average molecular weight is 198 g/mol. The normalized spacial score (nSPS) is 38.0. The van der Waals surface area contributed by atoms with Gasteiger partial charge in [-0.1, -0.05) is 0 Å². The molecule has 0 aromatic rings. The summed E-state index contributed by atoms with van der Waals surface area (Å²) in [7, 11) is 3.56. The van der Waals surface area contributed by atoms with Gasteiger partial charge in [-0.25, -0.2) is 0 Å². The second-order valence-electron chi connectivity index (χ2n) is 4.43. The van der Waals surface area contributed by atoms with Crippen molar-refractivity contribution >= 4 is 5.97 Å². The highest BCUT2D eigenvalue weighted by atomic mass is 16.5. The minimum Gasteiger partial charge on any atom is -0.469 e. The lowest BCUT2D eigenvalue weighted by Crippen LogP contribution is -2.55. The topological polar surface area (TPSA) is 41.6 Å². The first kappa shape index (κ1) is 9.93. The lowest BCUT2D eigenvalue weighted by Gasteiger charge is -2.40. The molecule has 0 spiro atoms. The number of esters is 1. The van der Waals surface area contributed by atoms with E-state index in [1.165, 1.54) is 7.11 Å². The predicted molar refractivity (Wildman–Crippen MR) is 53.0 cm³/mol. The minimum atomic E-state index is -0.276. The van der Waals surface area contributed by atoms with Gasteiger partial charge in [0.1, 0.15) is 0 Å². The molecule has 4 heteroatoms. The number of fused-ring (bicyclic) bond motifs is 1. The summed E-state index contributed by atoms with van der Waals surface area (Å²) < 4.78 is 4.94. The molecule has 2 aliphatic heterocycles. The molecule has 80 valence electrons. The Balaban J connectivity index is 2.22. The molecular weight excluding hydrogens is 180 g/mol. The van der Waals surface area contributed by atoms with Gasteiger partial charge in [-0.05, 0) is 33.0 Å². The SMILES string of the molecule is COC(=O)C12CCNC1CCN(C)C2. The molecule has 4 nitrogen and oxygen atoms in total. The molecule has 0 saturated carbocycles. The van der Waals surface area contributed by atoms with Gasteiger partial charge in [0.05, 0.1) is 12.5 Å². The summed E-state index contributed by atoms with van der Waals surface area (Å²) in [5.74, 6) is -0.0425. The van der Waals surface area contributed by atoms with Crippen molar-refractivity contribution in [3.05, 3.63) is 0 Å². The summed E-state index contributed by atoms with van der Waals surface area (Å²) >= 11 is 0. The van der Waals surface area contributed by atoms with E-state index in [4.69, 9.17) is 4.74 Å². The quantitative estimate of drug-likeness (QED) is 0.595. The van der Waals surface area contributed by atoms with Crippen molar-refractivity contribution < 1.29 is 9.53 Å². The highest BCUT2D eigenvalue weighted by Gasteiger charge is 2.52. The molecule has 0 aromatic heterocycles. The van der Waals surface area contributed by atoms with E-state index in [1.54, 1.807) is 0 Å². The van der Waals surface area contributed by atoms with E-state index in [0.717, 1.165) is 32.5 Å². The number of hydrogen-bond donors (Lipinski definition) is 1. The van der Waals surface area contributed by atoms with Gasteiger partial charge < -0.3 is 15.0 Å². The predicted octanol–water partition coefficient (Wildman–Crippen LogP) is -0.157. The summed E-state index contributed by atoms with van der Waals surface area (Å²) in [6.07, 6.45) is 1.96. The van der Waals surface area contributed by atoms with Crippen LogP contribution in [0.5, 0.6) is 0 Å². The monoisotopic (exact) mass is 198 g/mol. The molecular formula is C10H18N2O2. The first-order chi connectivity index (χ1) is 6.69. The van der Waals surface area contributed by atoms with E-state index < -0.39 is 0 Å². The van der Waals surface area contributed by atoms with Gasteiger partial charge in [-0.3, -0.25) is 4.79 Å². The molecule has 2 saturated heterocycles. The van der Waals surface area contributed by atoms with Crippen LogP contribution in [0.1, 0.15) is 12.8 Å². The van der Waals surface area contributed by atoms with Gasteiger partial charge in [0.25, 0.3) is 0 Å². The third-order valence-corrected chi connectivity index (χ3v) is 3.57. The zero-order valence-corrected chi connectivity index (χ0v) is 8.88. The number of piperidine rings is 1. The number of methoxy groups -OCH3 is 1. The Morgan fingerprint density at radius 3 is 3.14 bits per heavy atom. The van der Waals surface area contributed by atoms with E-state index in [0.29, 0.717) is 6.04 Å². The molecule has 0 amide bonds. The van der Waals surface area contributed by atoms with Crippen molar-refractivity contribution in [2.45, 2.75) is 18.9 Å². The molecule has 2 rings (SSSR count). The molecule has 0 aromatic carbocycles. The summed E-state index contributed by atoms with van der Waals surface area (Å²) in [5.41, 5.74) is -0.276. The standard InChI is InChI=1S/C10H18N2O2/c1-12-6-3-8-10(7-12,4-5-11-8)9(13)14-2/h8,11H,3-7H2,1-2H3. The number of ether oxygens (including phenoxy) is 1. The number of likely N-dealkylation sites (tertiary alicyclic amines) is 1. The molecule has 2 aliphatic rings. The van der Waals surface area contributed by atoms with Gasteiger partial charge in [0, 0.05) is 12.6 Å². The Labute approximate surface area is 84.6 Å². The maximum atomic E-state index is 11.8. The van der Waals surface area contributed by atoms with E-state index in [9.17, 15) is 4.79 Å². The maximum absolute atomic E-state index is 11.8. The van der Waals surface area contributed by atoms with E-state index in [-0.39, 0.29) is 11.4 Å². The number of nitrogens with one attached hydrogen (secondary N) is 1. The fraction of sp³-hybridized carbons (Fsp3) is 0.900. The van der Waals surface area contributed by atoms with Gasteiger partial charge >= 0.3 is 5.97 Å². The molecule has 0 bridgehead atoms. The Kier molecular flexibility index (Phi) is 2.49. The van der Waals surface area contributed by atoms with Crippen molar-refractivity contribution in [2.24, 2.45) is 5.41 Å². The number of rotatable bonds is 1. The third-order valence-electron chi connectivity index (χ3n) is 3.57. The van der Waals surface area contributed by atoms with Crippen LogP contribution < -0.4 is 5.32 Å². The summed E-state index contributed by atoms with van der Waals surface area (Å²) in [6.45, 7) is 2.83. The van der Waals surface area contributed by atoms with Crippen LogP contribution in [0, 0.1) is 5.41 Å². The second kappa shape index (κ2) is 3.51. The van der Waals surface area contributed by atoms with Crippen LogP contribution in [0.4, 0.5) is 0 Å². The number of carbonyl (C=O) groups excluding carboxylic acids is 1. The minimum absolute atomic E-state index is 0.0425. The van der Waals surface area contributed by atoms with Gasteiger partial charge in [0.15, 0.2) is 0 Å². The fourth-order valence-electron chi connectivity index (χ4n) is 2.83. The van der Waals surface area contributed by atoms with Gasteiger partial charge in [0.2, 0.25) is 0 Å². The Hall–Kier alpha value is -0.610. The molecule has 2 atom stereocenters. The molecule has 0 radical (unpaired) electrons. The van der Waals surface area contributed by atoms with Crippen LogP contribution in [-0.2, 0) is 9.53 Å². The van der Waals surface area contributed by atoms with Crippen molar-refractivity contribution in [3.63, 3.8) is 0 Å². The lowest BCUT2D eigenvalue weighted by molar-refractivity contribution is -0.156. The first-order valence-electron chi connectivity index (χ1n) is 5.19. The number of hydrogen-bond acceptors (Lipinski definition) is 4. The largest absolute Gasteiger partial charge is 0.469 e. The van der Waals surface area contributed by atoms with Crippen LogP contribution in [0.3, 0.4) is 0 Å². The summed E-state index contributed by atoms with van der Waals surface area (Å²) in [6, 6.07) is 0.325. The molecule has 1 N–H and O–H groups in total. The molecule has 0 aliphatic carbocycles. The third kappa shape index (κ3) is 1.33. The first-order valence-corrected chi connectivity index (χ1v) is 5.19. The Morgan fingerprint density at radius 2 is 2.43 bits per heavy atom. The Bertz CT molecular complexity index is 244. The maximum Gasteiger partial charge on any atom is 0.314 e. The van der Waals surface area contributed by atoms with Crippen molar-refractivity contribution in [1.29, 1.82) is 0 Å². The van der Waals surface area contributed by atoms with Gasteiger partial charge in [-0.15, -0.1) is 0 Å². The summed E-state index contributed by atoms with van der Waals surface area (Å²) in [4.78, 5) is 14.0. The fourth-order valence-corrected chi connectivity index (χ4v) is 2.83. The lowest BCUT2D eigenvalue weighted by atomic mass is 9.76. The highest BCUT2D eigenvalue weighted by molar-refractivity contribution is 5.78. The van der Waals surface area contributed by atoms with Crippen LogP contribution in [0.25, 0.3) is 0 Å². The molecule has 2 unspecified atom stereocenters. The van der Waals surface area contributed by atoms with E-state index >= 15 is 0 Å². The van der Waals surface area contributed by atoms with E-state index in [2.05, 4.69) is 17.3 Å². The van der Waals surface area contributed by atoms with Crippen molar-refractivity contribution in [3.8, 4) is 0 Å². The van der Waals surface area contributed by atoms with Crippen LogP contribution in [0.15, 0.2) is 0 Å². The van der Waals surface area contributed by atoms with E-state index in [1.807, 2.05) is 0 Å². The zero-order valence-electron chi connectivity index (χ0n) is 8.88. The van der Waals surface area contributed by atoms with Crippen molar-refractivity contribution in [2.75, 3.05) is 33.8 Å². The average Bonchev–Trinajstić information content (AvgIpc) is 2.60. The van der Waals surface area contributed by atoms with Crippen LogP contribution in [-0.4, -0.2) is 50.7 Å². The number of carbonyl (C=O) groups is 1. The molecule has 2 fully saturated rings. The number of nitrogens with zero attached hydrogens (tertiary/aromatic N) is 1. The van der Waals surface area contributed by atoms with Crippen LogP contribution in [0.2, 0.25) is 0 Å². The van der Waals surface area contributed by atoms with Gasteiger partial charge in [-0.2, -0.15) is 0 Å². The second-order valence-corrected chi connectivity index (χ2v) is 4.43. The highest BCUT2D eigenvalue weighted by Crippen LogP contribution is 2.38. The Morgan fingerprint density at radius 1 is 1.64 bits per heavy atom. The summed E-state index contributed by atoms with van der Waals surface area (Å²) in [5, 5.41) is 3.41. The smallest absolute Gasteiger partial charge is 0.314 e. The van der Waals surface area contributed by atoms with Crippen LogP contribution >= 0.6 is 0 Å².